The van der Waals surface area contributed by atoms with E-state index in [2.05, 4.69) is 10.4 Å². The van der Waals surface area contributed by atoms with Gasteiger partial charge in [-0.2, -0.15) is 5.10 Å². The van der Waals surface area contributed by atoms with Crippen molar-refractivity contribution >= 4 is 11.6 Å². The summed E-state index contributed by atoms with van der Waals surface area (Å²) in [5.74, 6) is 0.0793. The summed E-state index contributed by atoms with van der Waals surface area (Å²) in [6.45, 7) is 1.60. The van der Waals surface area contributed by atoms with Crippen molar-refractivity contribution in [1.29, 1.82) is 0 Å². The van der Waals surface area contributed by atoms with Crippen molar-refractivity contribution in [2.45, 2.75) is 13.1 Å². The number of carbonyl (C=O) groups is 1. The van der Waals surface area contributed by atoms with Crippen molar-refractivity contribution in [3.8, 4) is 0 Å². The second kappa shape index (κ2) is 4.85. The number of para-hydroxylation sites is 1. The molecule has 1 amide bonds. The monoisotopic (exact) mass is 256 g/mol. The molecule has 1 aliphatic heterocycles. The molecule has 5 nitrogen and oxygen atoms in total. The first kappa shape index (κ1) is 11.9. The van der Waals surface area contributed by atoms with E-state index in [1.54, 1.807) is 9.58 Å². The maximum Gasteiger partial charge on any atom is 0.241 e. The SMILES string of the molecule is Cn1ccc(CN2C(=O)CNCc3ccccc32)n1. The fourth-order valence-electron chi connectivity index (χ4n) is 2.34. The summed E-state index contributed by atoms with van der Waals surface area (Å²) < 4.78 is 1.75. The minimum Gasteiger partial charge on any atom is -0.305 e. The number of nitrogens with one attached hydrogen (secondary N) is 1. The summed E-state index contributed by atoms with van der Waals surface area (Å²) >= 11 is 0. The molecule has 0 aliphatic carbocycles. The normalized spacial score (nSPS) is 15.2. The molecular weight excluding hydrogens is 240 g/mol. The Labute approximate surface area is 111 Å². The number of rotatable bonds is 2. The Morgan fingerprint density at radius 1 is 1.26 bits per heavy atom. The van der Waals surface area contributed by atoms with Crippen LogP contribution in [0.2, 0.25) is 0 Å². The molecule has 5 heteroatoms. The smallest absolute Gasteiger partial charge is 0.241 e. The number of hydrogen-bond donors (Lipinski definition) is 1. The lowest BCUT2D eigenvalue weighted by Gasteiger charge is -2.21. The Kier molecular flexibility index (Phi) is 3.05. The van der Waals surface area contributed by atoms with Gasteiger partial charge in [-0.1, -0.05) is 18.2 Å². The Balaban J connectivity index is 1.95. The maximum atomic E-state index is 12.2. The van der Waals surface area contributed by atoms with Crippen LogP contribution in [0, 0.1) is 0 Å². The van der Waals surface area contributed by atoms with E-state index in [0.717, 1.165) is 23.5 Å². The Hall–Kier alpha value is -2.14. The van der Waals surface area contributed by atoms with Crippen molar-refractivity contribution in [2.24, 2.45) is 7.05 Å². The molecule has 2 heterocycles. The molecule has 0 fully saturated rings. The van der Waals surface area contributed by atoms with E-state index in [9.17, 15) is 4.79 Å². The van der Waals surface area contributed by atoms with Crippen LogP contribution in [0.4, 0.5) is 5.69 Å². The molecule has 0 saturated carbocycles. The van der Waals surface area contributed by atoms with Crippen molar-refractivity contribution in [2.75, 3.05) is 11.4 Å². The van der Waals surface area contributed by atoms with Crippen LogP contribution in [0.25, 0.3) is 0 Å². The Morgan fingerprint density at radius 3 is 2.89 bits per heavy atom. The van der Waals surface area contributed by atoms with Crippen LogP contribution in [0.3, 0.4) is 0 Å². The third kappa shape index (κ3) is 2.37. The molecule has 0 radical (unpaired) electrons. The number of aryl methyl sites for hydroxylation is 1. The van der Waals surface area contributed by atoms with Crippen LogP contribution in [-0.2, 0) is 24.9 Å². The van der Waals surface area contributed by atoms with Crippen molar-refractivity contribution in [3.63, 3.8) is 0 Å². The van der Waals surface area contributed by atoms with Crippen LogP contribution >= 0.6 is 0 Å². The number of fused-ring (bicyclic) bond motifs is 1. The number of carbonyl (C=O) groups excluding carboxylic acids is 1. The second-order valence-electron chi connectivity index (χ2n) is 4.69. The quantitative estimate of drug-likeness (QED) is 0.874. The van der Waals surface area contributed by atoms with Gasteiger partial charge in [0.2, 0.25) is 5.91 Å². The molecule has 1 aliphatic rings. The van der Waals surface area contributed by atoms with Crippen LogP contribution in [0.1, 0.15) is 11.3 Å². The number of anilines is 1. The van der Waals surface area contributed by atoms with Gasteiger partial charge in [-0.3, -0.25) is 9.48 Å². The summed E-state index contributed by atoms with van der Waals surface area (Å²) in [5.41, 5.74) is 3.01. The Bertz CT molecular complexity index is 605. The van der Waals surface area contributed by atoms with Gasteiger partial charge < -0.3 is 10.2 Å². The molecule has 1 aromatic carbocycles. The minimum atomic E-state index is 0.0793. The minimum absolute atomic E-state index is 0.0793. The van der Waals surface area contributed by atoms with Crippen molar-refractivity contribution < 1.29 is 4.79 Å². The third-order valence-corrected chi connectivity index (χ3v) is 3.26. The van der Waals surface area contributed by atoms with E-state index in [-0.39, 0.29) is 5.91 Å². The maximum absolute atomic E-state index is 12.2. The van der Waals surface area contributed by atoms with Gasteiger partial charge in [0, 0.05) is 25.5 Å². The van der Waals surface area contributed by atoms with E-state index < -0.39 is 0 Å². The highest BCUT2D eigenvalue weighted by Gasteiger charge is 2.22. The highest BCUT2D eigenvalue weighted by Crippen LogP contribution is 2.24. The standard InChI is InChI=1S/C14H16N4O/c1-17-7-6-12(16-17)10-18-13-5-3-2-4-11(13)8-15-9-14(18)19/h2-7,15H,8-10H2,1H3. The van der Waals surface area contributed by atoms with E-state index in [4.69, 9.17) is 0 Å². The first-order valence-corrected chi connectivity index (χ1v) is 6.31. The van der Waals surface area contributed by atoms with Gasteiger partial charge in [0.25, 0.3) is 0 Å². The zero-order valence-corrected chi connectivity index (χ0v) is 10.8. The average Bonchev–Trinajstić information content (AvgIpc) is 2.75. The molecule has 0 unspecified atom stereocenters. The van der Waals surface area contributed by atoms with Gasteiger partial charge in [-0.25, -0.2) is 0 Å². The third-order valence-electron chi connectivity index (χ3n) is 3.26. The molecule has 0 atom stereocenters. The summed E-state index contributed by atoms with van der Waals surface area (Å²) in [6.07, 6.45) is 1.89. The van der Waals surface area contributed by atoms with E-state index >= 15 is 0 Å². The molecule has 2 aromatic rings. The molecule has 3 rings (SSSR count). The molecule has 0 bridgehead atoms. The lowest BCUT2D eigenvalue weighted by atomic mass is 10.1. The first-order chi connectivity index (χ1) is 9.24. The van der Waals surface area contributed by atoms with E-state index in [1.807, 2.05) is 43.6 Å². The van der Waals surface area contributed by atoms with Gasteiger partial charge in [-0.15, -0.1) is 0 Å². The number of benzene rings is 1. The molecule has 98 valence electrons. The molecule has 1 N–H and O–H groups in total. The number of amides is 1. The van der Waals surface area contributed by atoms with Crippen LogP contribution in [-0.4, -0.2) is 22.2 Å². The second-order valence-corrected chi connectivity index (χ2v) is 4.69. The highest BCUT2D eigenvalue weighted by atomic mass is 16.2. The Morgan fingerprint density at radius 2 is 2.11 bits per heavy atom. The fourth-order valence-corrected chi connectivity index (χ4v) is 2.34. The van der Waals surface area contributed by atoms with Crippen molar-refractivity contribution in [3.05, 3.63) is 47.8 Å². The largest absolute Gasteiger partial charge is 0.305 e. The van der Waals surface area contributed by atoms with E-state index in [0.29, 0.717) is 13.1 Å². The first-order valence-electron chi connectivity index (χ1n) is 6.31. The van der Waals surface area contributed by atoms with E-state index in [1.165, 1.54) is 0 Å². The van der Waals surface area contributed by atoms with Gasteiger partial charge in [0.15, 0.2) is 0 Å². The number of hydrogen-bond acceptors (Lipinski definition) is 3. The molecule has 0 spiro atoms. The summed E-state index contributed by atoms with van der Waals surface area (Å²) in [6, 6.07) is 9.93. The van der Waals surface area contributed by atoms with Gasteiger partial charge in [-0.05, 0) is 17.7 Å². The average molecular weight is 256 g/mol. The predicted molar refractivity (Wildman–Crippen MR) is 72.5 cm³/mol. The fraction of sp³-hybridized carbons (Fsp3) is 0.286. The lowest BCUT2D eigenvalue weighted by molar-refractivity contribution is -0.117. The number of nitrogens with zero attached hydrogens (tertiary/aromatic N) is 3. The summed E-state index contributed by atoms with van der Waals surface area (Å²) in [5, 5.41) is 7.50. The van der Waals surface area contributed by atoms with Crippen LogP contribution < -0.4 is 10.2 Å². The zero-order valence-electron chi connectivity index (χ0n) is 10.8. The van der Waals surface area contributed by atoms with Crippen LogP contribution in [0.5, 0.6) is 0 Å². The highest BCUT2D eigenvalue weighted by molar-refractivity contribution is 5.96. The van der Waals surface area contributed by atoms with Gasteiger partial charge in [0.05, 0.1) is 18.8 Å². The van der Waals surface area contributed by atoms with Crippen LogP contribution in [0.15, 0.2) is 36.5 Å². The zero-order chi connectivity index (χ0) is 13.2. The molecular formula is C14H16N4O. The van der Waals surface area contributed by atoms with Gasteiger partial charge in [0.1, 0.15) is 0 Å². The van der Waals surface area contributed by atoms with Gasteiger partial charge >= 0.3 is 0 Å². The molecule has 1 aromatic heterocycles. The lowest BCUT2D eigenvalue weighted by Crippen LogP contribution is -2.35. The number of aromatic nitrogens is 2. The summed E-state index contributed by atoms with van der Waals surface area (Å²) in [4.78, 5) is 14.0. The predicted octanol–water partition coefficient (Wildman–Crippen LogP) is 1.06. The molecule has 0 saturated heterocycles. The van der Waals surface area contributed by atoms with Crippen molar-refractivity contribution in [1.82, 2.24) is 15.1 Å². The topological polar surface area (TPSA) is 50.2 Å². The summed E-state index contributed by atoms with van der Waals surface area (Å²) in [7, 11) is 1.88. The molecule has 19 heavy (non-hydrogen) atoms.